The summed E-state index contributed by atoms with van der Waals surface area (Å²) in [6.07, 6.45) is 0. The van der Waals surface area contributed by atoms with Gasteiger partial charge in [-0.25, -0.2) is 0 Å². The summed E-state index contributed by atoms with van der Waals surface area (Å²) in [6.45, 7) is 8.09. The highest BCUT2D eigenvalue weighted by Gasteiger charge is 2.16. The first kappa shape index (κ1) is 12.4. The summed E-state index contributed by atoms with van der Waals surface area (Å²) in [6, 6.07) is -0.258. The van der Waals surface area contributed by atoms with Crippen LogP contribution < -0.4 is 10.6 Å². The molecule has 0 rings (SSSR count). The fourth-order valence-corrected chi connectivity index (χ4v) is 0.823. The zero-order valence-electron chi connectivity index (χ0n) is 8.85. The lowest BCUT2D eigenvalue weighted by molar-refractivity contribution is -0.122. The van der Waals surface area contributed by atoms with Crippen molar-refractivity contribution >= 4 is 5.91 Å². The molecule has 4 nitrogen and oxygen atoms in total. The fraction of sp³-hybridized carbons (Fsp3) is 0.889. The largest absolute Gasteiger partial charge is 0.389 e. The fourth-order valence-electron chi connectivity index (χ4n) is 0.823. The Morgan fingerprint density at radius 3 is 2.46 bits per heavy atom. The molecule has 4 heteroatoms. The third kappa shape index (κ3) is 6.54. The maximum atomic E-state index is 11.2. The highest BCUT2D eigenvalue weighted by atomic mass is 16.3. The van der Waals surface area contributed by atoms with Gasteiger partial charge in [0.1, 0.15) is 0 Å². The summed E-state index contributed by atoms with van der Waals surface area (Å²) in [5.41, 5.74) is -0.777. The van der Waals surface area contributed by atoms with Crippen LogP contribution in [0.2, 0.25) is 0 Å². The van der Waals surface area contributed by atoms with Gasteiger partial charge in [0.05, 0.1) is 11.6 Å². The predicted octanol–water partition coefficient (Wildman–Crippen LogP) is -0.128. The molecule has 0 saturated heterocycles. The number of carbonyl (C=O) groups excluding carboxylic acids is 1. The van der Waals surface area contributed by atoms with E-state index in [1.54, 1.807) is 20.8 Å². The van der Waals surface area contributed by atoms with E-state index in [1.807, 2.05) is 6.92 Å². The Morgan fingerprint density at radius 2 is 2.08 bits per heavy atom. The van der Waals surface area contributed by atoms with Crippen molar-refractivity contribution < 1.29 is 9.90 Å². The van der Waals surface area contributed by atoms with Gasteiger partial charge in [0, 0.05) is 13.1 Å². The second kappa shape index (κ2) is 5.19. The minimum absolute atomic E-state index is 0.0354. The van der Waals surface area contributed by atoms with Gasteiger partial charge in [-0.3, -0.25) is 4.79 Å². The van der Waals surface area contributed by atoms with Gasteiger partial charge in [-0.05, 0) is 27.7 Å². The van der Waals surface area contributed by atoms with Crippen molar-refractivity contribution in [3.63, 3.8) is 0 Å². The number of hydrogen-bond acceptors (Lipinski definition) is 3. The zero-order valence-corrected chi connectivity index (χ0v) is 8.85. The Bertz CT molecular complexity index is 163. The Kier molecular flexibility index (Phi) is 4.95. The molecule has 0 saturated carbocycles. The predicted molar refractivity (Wildman–Crippen MR) is 52.4 cm³/mol. The molecular weight excluding hydrogens is 168 g/mol. The molecule has 0 aromatic carbocycles. The first-order valence-corrected chi connectivity index (χ1v) is 4.60. The van der Waals surface area contributed by atoms with Crippen LogP contribution in [-0.2, 0) is 4.79 Å². The first-order chi connectivity index (χ1) is 5.87. The highest BCUT2D eigenvalue weighted by molar-refractivity contribution is 5.81. The molecular formula is C9H20N2O2. The molecule has 0 heterocycles. The summed E-state index contributed by atoms with van der Waals surface area (Å²) < 4.78 is 0. The second-order valence-corrected chi connectivity index (χ2v) is 3.81. The molecule has 0 fully saturated rings. The van der Waals surface area contributed by atoms with Crippen molar-refractivity contribution in [1.82, 2.24) is 10.6 Å². The van der Waals surface area contributed by atoms with Crippen LogP contribution in [0.5, 0.6) is 0 Å². The number of aliphatic hydroxyl groups is 1. The van der Waals surface area contributed by atoms with Gasteiger partial charge in [-0.2, -0.15) is 0 Å². The van der Waals surface area contributed by atoms with Crippen LogP contribution >= 0.6 is 0 Å². The van der Waals surface area contributed by atoms with Crippen LogP contribution in [-0.4, -0.2) is 35.7 Å². The van der Waals surface area contributed by atoms with Gasteiger partial charge in [-0.1, -0.05) is 0 Å². The van der Waals surface area contributed by atoms with E-state index in [1.165, 1.54) is 0 Å². The number of amides is 1. The van der Waals surface area contributed by atoms with E-state index < -0.39 is 5.60 Å². The van der Waals surface area contributed by atoms with Crippen molar-refractivity contribution in [2.45, 2.75) is 39.3 Å². The minimum atomic E-state index is -0.777. The van der Waals surface area contributed by atoms with E-state index in [9.17, 15) is 9.90 Å². The van der Waals surface area contributed by atoms with Crippen LogP contribution in [0.25, 0.3) is 0 Å². The Morgan fingerprint density at radius 1 is 1.54 bits per heavy atom. The Balaban J connectivity index is 3.74. The Labute approximate surface area is 79.7 Å². The molecule has 3 N–H and O–H groups in total. The smallest absolute Gasteiger partial charge is 0.236 e. The lowest BCUT2D eigenvalue weighted by atomic mass is 10.1. The van der Waals surface area contributed by atoms with Crippen molar-refractivity contribution in [1.29, 1.82) is 0 Å². The first-order valence-electron chi connectivity index (χ1n) is 4.60. The summed E-state index contributed by atoms with van der Waals surface area (Å²) in [5, 5.41) is 15.0. The van der Waals surface area contributed by atoms with E-state index in [0.29, 0.717) is 13.1 Å². The van der Waals surface area contributed by atoms with Gasteiger partial charge in [0.15, 0.2) is 0 Å². The summed E-state index contributed by atoms with van der Waals surface area (Å²) in [7, 11) is 0. The van der Waals surface area contributed by atoms with Crippen molar-refractivity contribution in [2.24, 2.45) is 0 Å². The lowest BCUT2D eigenvalue weighted by Gasteiger charge is -2.21. The summed E-state index contributed by atoms with van der Waals surface area (Å²) in [5.74, 6) is -0.0354. The summed E-state index contributed by atoms with van der Waals surface area (Å²) >= 11 is 0. The van der Waals surface area contributed by atoms with Gasteiger partial charge in [-0.15, -0.1) is 0 Å². The molecule has 0 aliphatic rings. The van der Waals surface area contributed by atoms with Crippen molar-refractivity contribution in [2.75, 3.05) is 13.1 Å². The molecule has 0 radical (unpaired) electrons. The quantitative estimate of drug-likeness (QED) is 0.563. The standard InChI is InChI=1S/C9H20N2O2/c1-5-10-8(12)7(2)11-6-9(3,4)13/h7,11,13H,5-6H2,1-4H3,(H,10,12). The number of nitrogens with one attached hydrogen (secondary N) is 2. The van der Waals surface area contributed by atoms with Gasteiger partial charge in [0.25, 0.3) is 0 Å². The number of hydrogen-bond donors (Lipinski definition) is 3. The molecule has 78 valence electrons. The van der Waals surface area contributed by atoms with Crippen molar-refractivity contribution in [3.05, 3.63) is 0 Å². The van der Waals surface area contributed by atoms with E-state index >= 15 is 0 Å². The van der Waals surface area contributed by atoms with Crippen LogP contribution in [0.15, 0.2) is 0 Å². The Hall–Kier alpha value is -0.610. The molecule has 1 amide bonds. The molecule has 0 aromatic heterocycles. The van der Waals surface area contributed by atoms with Crippen LogP contribution in [0, 0.1) is 0 Å². The summed E-state index contributed by atoms with van der Waals surface area (Å²) in [4.78, 5) is 11.2. The normalized spacial score (nSPS) is 13.9. The second-order valence-electron chi connectivity index (χ2n) is 3.81. The average Bonchev–Trinajstić information content (AvgIpc) is 1.99. The number of rotatable bonds is 5. The molecule has 0 aromatic rings. The van der Waals surface area contributed by atoms with Gasteiger partial charge < -0.3 is 15.7 Å². The maximum absolute atomic E-state index is 11.2. The van der Waals surface area contributed by atoms with Crippen molar-refractivity contribution in [3.8, 4) is 0 Å². The molecule has 0 bridgehead atoms. The number of likely N-dealkylation sites (N-methyl/N-ethyl adjacent to an activating group) is 1. The molecule has 0 aliphatic heterocycles. The molecule has 0 aliphatic carbocycles. The zero-order chi connectivity index (χ0) is 10.5. The van der Waals surface area contributed by atoms with Crippen LogP contribution in [0.4, 0.5) is 0 Å². The average molecular weight is 188 g/mol. The van der Waals surface area contributed by atoms with Gasteiger partial charge in [0.2, 0.25) is 5.91 Å². The van der Waals surface area contributed by atoms with E-state index in [0.717, 1.165) is 0 Å². The topological polar surface area (TPSA) is 61.4 Å². The molecule has 1 atom stereocenters. The third-order valence-corrected chi connectivity index (χ3v) is 1.59. The van der Waals surface area contributed by atoms with Crippen LogP contribution in [0.3, 0.4) is 0 Å². The van der Waals surface area contributed by atoms with E-state index in [4.69, 9.17) is 0 Å². The maximum Gasteiger partial charge on any atom is 0.236 e. The van der Waals surface area contributed by atoms with E-state index in [2.05, 4.69) is 10.6 Å². The molecule has 1 unspecified atom stereocenters. The van der Waals surface area contributed by atoms with Crippen LogP contribution in [0.1, 0.15) is 27.7 Å². The minimum Gasteiger partial charge on any atom is -0.389 e. The lowest BCUT2D eigenvalue weighted by Crippen LogP contribution is -2.47. The number of carbonyl (C=O) groups is 1. The molecule has 0 spiro atoms. The monoisotopic (exact) mass is 188 g/mol. The van der Waals surface area contributed by atoms with E-state index in [-0.39, 0.29) is 11.9 Å². The SMILES string of the molecule is CCNC(=O)C(C)NCC(C)(C)O. The third-order valence-electron chi connectivity index (χ3n) is 1.59. The molecule has 13 heavy (non-hydrogen) atoms. The highest BCUT2D eigenvalue weighted by Crippen LogP contribution is 1.98. The van der Waals surface area contributed by atoms with Gasteiger partial charge >= 0.3 is 0 Å².